The van der Waals surface area contributed by atoms with E-state index in [0.717, 1.165) is 68.2 Å². The van der Waals surface area contributed by atoms with Crippen LogP contribution < -0.4 is 0 Å². The minimum Gasteiger partial charge on any atom is -0.508 e. The first kappa shape index (κ1) is 29.4. The number of aromatic nitrogens is 2. The van der Waals surface area contributed by atoms with Gasteiger partial charge in [-0.05, 0) is 106 Å². The Morgan fingerprint density at radius 1 is 1.02 bits per heavy atom. The maximum absolute atomic E-state index is 13.0. The number of benzene rings is 2. The summed E-state index contributed by atoms with van der Waals surface area (Å²) in [7, 11) is 0. The summed E-state index contributed by atoms with van der Waals surface area (Å²) in [4.78, 5) is 5.09. The Hall–Kier alpha value is -2.71. The van der Waals surface area contributed by atoms with Gasteiger partial charge in [-0.1, -0.05) is 36.4 Å². The maximum atomic E-state index is 13.0. The second kappa shape index (κ2) is 12.1. The summed E-state index contributed by atoms with van der Waals surface area (Å²) < 4.78 is 8.38. The maximum Gasteiger partial charge on any atom is 0.115 e. The van der Waals surface area contributed by atoms with Crippen molar-refractivity contribution in [3.8, 4) is 5.75 Å². The topological polar surface area (TPSA) is 74.0 Å². The molecule has 2 N–H and O–H groups in total. The number of ether oxygens (including phenoxy) is 1. The van der Waals surface area contributed by atoms with Gasteiger partial charge in [0, 0.05) is 30.7 Å². The van der Waals surface area contributed by atoms with Gasteiger partial charge < -0.3 is 14.9 Å². The summed E-state index contributed by atoms with van der Waals surface area (Å²) in [5, 5.41) is 28.2. The summed E-state index contributed by atoms with van der Waals surface area (Å²) in [6.07, 6.45) is 9.04. The zero-order valence-electron chi connectivity index (χ0n) is 25.6. The van der Waals surface area contributed by atoms with Crippen molar-refractivity contribution in [2.24, 2.45) is 5.92 Å². The molecule has 2 aliphatic heterocycles. The first-order chi connectivity index (χ1) is 20.3. The fourth-order valence-electron chi connectivity index (χ4n) is 7.81. The molecule has 2 saturated heterocycles. The van der Waals surface area contributed by atoms with Crippen LogP contribution in [0.4, 0.5) is 0 Å². The average molecular weight is 573 g/mol. The molecule has 2 aromatic carbocycles. The van der Waals surface area contributed by atoms with E-state index in [-0.39, 0.29) is 17.8 Å². The molecule has 7 nitrogen and oxygen atoms in total. The molecule has 0 radical (unpaired) electrons. The number of hydrogen-bond acceptors (Lipinski definition) is 6. The number of phenolic OH excluding ortho intramolecular Hbond substituents is 1. The van der Waals surface area contributed by atoms with Crippen LogP contribution in [0.5, 0.6) is 5.75 Å². The second-order valence-electron chi connectivity index (χ2n) is 13.3. The molecule has 0 amide bonds. The molecular formula is C35H48N4O3. The number of phenols is 1. The molecule has 1 aromatic heterocycles. The van der Waals surface area contributed by atoms with Crippen molar-refractivity contribution in [2.75, 3.05) is 32.8 Å². The standard InChI is InChI=1S/C35H48N4O3/c1-26-20-36-39(21-26)23-31(25-42-24-30-7-5-4-6-8-30)37-16-13-34(33-19-32(40)12-9-27(33)2)14-17-38(22-29-10-11-29)28(3)35(34,41)15-18-37/h4-9,12,19-21,28-29,31,40-41H,10-11,13-18,22-25H2,1-3H3. The summed E-state index contributed by atoms with van der Waals surface area (Å²) >= 11 is 0. The molecule has 1 saturated carbocycles. The Labute approximate surface area is 251 Å². The number of fused-ring (bicyclic) bond motifs is 1. The Morgan fingerprint density at radius 2 is 1.79 bits per heavy atom. The third-order valence-corrected chi connectivity index (χ3v) is 10.5. The molecule has 7 heteroatoms. The molecule has 1 aliphatic carbocycles. The van der Waals surface area contributed by atoms with Crippen LogP contribution in [0.25, 0.3) is 0 Å². The van der Waals surface area contributed by atoms with Crippen molar-refractivity contribution < 1.29 is 14.9 Å². The molecule has 42 heavy (non-hydrogen) atoms. The fourth-order valence-corrected chi connectivity index (χ4v) is 7.81. The van der Waals surface area contributed by atoms with E-state index < -0.39 is 11.0 Å². The van der Waals surface area contributed by atoms with E-state index in [1.54, 1.807) is 6.07 Å². The first-order valence-corrected chi connectivity index (χ1v) is 15.9. The van der Waals surface area contributed by atoms with Gasteiger partial charge in [0.05, 0.1) is 37.6 Å². The number of aryl methyl sites for hydroxylation is 2. The second-order valence-corrected chi connectivity index (χ2v) is 13.3. The van der Waals surface area contributed by atoms with Crippen molar-refractivity contribution in [1.29, 1.82) is 0 Å². The van der Waals surface area contributed by atoms with Gasteiger partial charge in [0.2, 0.25) is 0 Å². The lowest BCUT2D eigenvalue weighted by Crippen LogP contribution is -2.68. The number of nitrogens with zero attached hydrogens (tertiary/aromatic N) is 4. The number of piperidine rings is 1. The Morgan fingerprint density at radius 3 is 2.52 bits per heavy atom. The lowest BCUT2D eigenvalue weighted by atomic mass is 9.57. The lowest BCUT2D eigenvalue weighted by Gasteiger charge is -2.58. The van der Waals surface area contributed by atoms with Crippen molar-refractivity contribution >= 4 is 0 Å². The van der Waals surface area contributed by atoms with Gasteiger partial charge >= 0.3 is 0 Å². The Bertz CT molecular complexity index is 1340. The van der Waals surface area contributed by atoms with E-state index >= 15 is 0 Å². The predicted molar refractivity (Wildman–Crippen MR) is 166 cm³/mol. The van der Waals surface area contributed by atoms with Crippen LogP contribution in [0, 0.1) is 19.8 Å². The number of hydrogen-bond donors (Lipinski definition) is 2. The van der Waals surface area contributed by atoms with Crippen molar-refractivity contribution in [3.05, 3.63) is 83.2 Å². The quantitative estimate of drug-likeness (QED) is 0.354. The molecule has 0 bridgehead atoms. The van der Waals surface area contributed by atoms with Crippen molar-refractivity contribution in [2.45, 2.75) is 89.1 Å². The molecule has 3 heterocycles. The summed E-state index contributed by atoms with van der Waals surface area (Å²) in [5.41, 5.74) is 3.25. The number of aliphatic hydroxyl groups is 1. The monoisotopic (exact) mass is 572 g/mol. The molecule has 3 fully saturated rings. The zero-order chi connectivity index (χ0) is 29.3. The normalized spacial score (nSPS) is 27.9. The van der Waals surface area contributed by atoms with Crippen LogP contribution in [0.15, 0.2) is 60.9 Å². The zero-order valence-corrected chi connectivity index (χ0v) is 25.6. The van der Waals surface area contributed by atoms with Crippen molar-refractivity contribution in [1.82, 2.24) is 19.6 Å². The minimum absolute atomic E-state index is 0.0371. The van der Waals surface area contributed by atoms with Gasteiger partial charge in [-0.15, -0.1) is 0 Å². The average Bonchev–Trinajstić information content (AvgIpc) is 3.74. The third-order valence-electron chi connectivity index (χ3n) is 10.5. The predicted octanol–water partition coefficient (Wildman–Crippen LogP) is 5.06. The number of rotatable bonds is 10. The van der Waals surface area contributed by atoms with Crippen LogP contribution >= 0.6 is 0 Å². The smallest absolute Gasteiger partial charge is 0.115 e. The molecule has 226 valence electrons. The molecule has 4 unspecified atom stereocenters. The summed E-state index contributed by atoms with van der Waals surface area (Å²) in [6.45, 7) is 12.1. The van der Waals surface area contributed by atoms with Gasteiger partial charge in [-0.25, -0.2) is 0 Å². The first-order valence-electron chi connectivity index (χ1n) is 15.9. The lowest BCUT2D eigenvalue weighted by molar-refractivity contribution is -0.136. The van der Waals surface area contributed by atoms with E-state index in [0.29, 0.717) is 19.6 Å². The Balaban J connectivity index is 1.29. The van der Waals surface area contributed by atoms with Gasteiger partial charge in [-0.2, -0.15) is 5.10 Å². The van der Waals surface area contributed by atoms with Crippen molar-refractivity contribution in [3.63, 3.8) is 0 Å². The highest BCUT2D eigenvalue weighted by atomic mass is 16.5. The summed E-state index contributed by atoms with van der Waals surface area (Å²) in [6, 6.07) is 16.2. The van der Waals surface area contributed by atoms with E-state index in [1.165, 1.54) is 18.4 Å². The van der Waals surface area contributed by atoms with Crippen LogP contribution in [-0.4, -0.2) is 80.3 Å². The largest absolute Gasteiger partial charge is 0.508 e. The Kier molecular flexibility index (Phi) is 8.47. The molecule has 6 rings (SSSR count). The van der Waals surface area contributed by atoms with E-state index in [1.807, 2.05) is 29.1 Å². The summed E-state index contributed by atoms with van der Waals surface area (Å²) in [5.74, 6) is 1.06. The van der Waals surface area contributed by atoms with Gasteiger partial charge in [0.1, 0.15) is 5.75 Å². The van der Waals surface area contributed by atoms with E-state index in [4.69, 9.17) is 4.74 Å². The molecule has 4 atom stereocenters. The van der Waals surface area contributed by atoms with Gasteiger partial charge in [0.25, 0.3) is 0 Å². The van der Waals surface area contributed by atoms with Crippen LogP contribution in [0.3, 0.4) is 0 Å². The van der Waals surface area contributed by atoms with Crippen LogP contribution in [-0.2, 0) is 23.3 Å². The van der Waals surface area contributed by atoms with E-state index in [2.05, 4.69) is 66.1 Å². The van der Waals surface area contributed by atoms with Gasteiger partial charge in [-0.3, -0.25) is 14.5 Å². The third kappa shape index (κ3) is 5.89. The van der Waals surface area contributed by atoms with Crippen LogP contribution in [0.2, 0.25) is 0 Å². The van der Waals surface area contributed by atoms with Crippen LogP contribution in [0.1, 0.15) is 61.3 Å². The molecule has 0 spiro atoms. The molecule has 3 aromatic rings. The highest BCUT2D eigenvalue weighted by Gasteiger charge is 2.59. The molecular weight excluding hydrogens is 524 g/mol. The van der Waals surface area contributed by atoms with E-state index in [9.17, 15) is 10.2 Å². The highest BCUT2D eigenvalue weighted by molar-refractivity contribution is 5.43. The minimum atomic E-state index is -0.912. The van der Waals surface area contributed by atoms with Gasteiger partial charge in [0.15, 0.2) is 0 Å². The highest BCUT2D eigenvalue weighted by Crippen LogP contribution is 2.53. The SMILES string of the molecule is Cc1cnn(CC(COCc2ccccc2)N2CCC3(c4cc(O)ccc4C)CCN(CC4CC4)C(C)C3(O)CC2)c1. The fraction of sp³-hybridized carbons (Fsp3) is 0.571. The molecule has 3 aliphatic rings. The number of likely N-dealkylation sites (tertiary alicyclic amines) is 2. The number of aromatic hydroxyl groups is 1.